The van der Waals surface area contributed by atoms with Crippen LogP contribution in [0, 0.1) is 0 Å². The van der Waals surface area contributed by atoms with E-state index in [-0.39, 0.29) is 5.92 Å². The molecule has 1 aliphatic heterocycles. The van der Waals surface area contributed by atoms with Gasteiger partial charge in [-0.25, -0.2) is 4.79 Å². The van der Waals surface area contributed by atoms with Crippen molar-refractivity contribution < 1.29 is 14.6 Å². The SMILES string of the molecule is CCOC(=O)N1C=CC(C(O)c2ccccc2)c2ccccc21. The third kappa shape index (κ3) is 2.98. The summed E-state index contributed by atoms with van der Waals surface area (Å²) >= 11 is 0. The Labute approximate surface area is 135 Å². The summed E-state index contributed by atoms with van der Waals surface area (Å²) in [4.78, 5) is 13.6. The topological polar surface area (TPSA) is 49.8 Å². The number of hydrogen-bond acceptors (Lipinski definition) is 3. The van der Waals surface area contributed by atoms with E-state index < -0.39 is 12.2 Å². The second-order valence-corrected chi connectivity index (χ2v) is 5.35. The number of carbonyl (C=O) groups is 1. The Morgan fingerprint density at radius 3 is 2.61 bits per heavy atom. The second-order valence-electron chi connectivity index (χ2n) is 5.35. The number of fused-ring (bicyclic) bond motifs is 1. The highest BCUT2D eigenvalue weighted by Gasteiger charge is 2.29. The molecule has 0 saturated heterocycles. The van der Waals surface area contributed by atoms with Crippen LogP contribution in [0.3, 0.4) is 0 Å². The first-order valence-electron chi connectivity index (χ1n) is 7.68. The number of carbonyl (C=O) groups excluding carboxylic acids is 1. The molecule has 2 unspecified atom stereocenters. The molecule has 0 aromatic heterocycles. The molecule has 3 rings (SSSR count). The Balaban J connectivity index is 1.96. The van der Waals surface area contributed by atoms with Gasteiger partial charge in [-0.05, 0) is 24.1 Å². The summed E-state index contributed by atoms with van der Waals surface area (Å²) < 4.78 is 5.09. The molecule has 23 heavy (non-hydrogen) atoms. The van der Waals surface area contributed by atoms with Gasteiger partial charge in [0, 0.05) is 12.1 Å². The summed E-state index contributed by atoms with van der Waals surface area (Å²) in [6, 6.07) is 17.1. The van der Waals surface area contributed by atoms with Gasteiger partial charge in [-0.1, -0.05) is 54.6 Å². The zero-order valence-electron chi connectivity index (χ0n) is 12.9. The van der Waals surface area contributed by atoms with Gasteiger partial charge in [0.1, 0.15) is 0 Å². The van der Waals surface area contributed by atoms with Crippen LogP contribution in [0.5, 0.6) is 0 Å². The summed E-state index contributed by atoms with van der Waals surface area (Å²) in [6.45, 7) is 2.10. The minimum absolute atomic E-state index is 0.209. The van der Waals surface area contributed by atoms with Gasteiger partial charge in [-0.15, -0.1) is 0 Å². The fourth-order valence-corrected chi connectivity index (χ4v) is 2.84. The molecule has 1 heterocycles. The standard InChI is InChI=1S/C19H19NO3/c1-2-23-19(22)20-13-12-16(15-10-6-7-11-17(15)20)18(21)14-8-4-3-5-9-14/h3-13,16,18,21H,2H2,1H3. The van der Waals surface area contributed by atoms with Crippen LogP contribution in [0.2, 0.25) is 0 Å². The second kappa shape index (κ2) is 6.67. The van der Waals surface area contributed by atoms with E-state index in [9.17, 15) is 9.90 Å². The minimum Gasteiger partial charge on any atom is -0.449 e. The molecule has 0 aliphatic carbocycles. The van der Waals surface area contributed by atoms with Gasteiger partial charge in [0.05, 0.1) is 18.4 Å². The van der Waals surface area contributed by atoms with Crippen molar-refractivity contribution in [1.29, 1.82) is 0 Å². The highest BCUT2D eigenvalue weighted by Crippen LogP contribution is 2.40. The molecule has 1 amide bonds. The monoisotopic (exact) mass is 309 g/mol. The third-order valence-electron chi connectivity index (χ3n) is 3.94. The van der Waals surface area contributed by atoms with Crippen LogP contribution >= 0.6 is 0 Å². The molecule has 2 aromatic carbocycles. The maximum absolute atomic E-state index is 12.1. The fourth-order valence-electron chi connectivity index (χ4n) is 2.84. The van der Waals surface area contributed by atoms with Gasteiger partial charge in [0.2, 0.25) is 0 Å². The van der Waals surface area contributed by atoms with E-state index in [0.29, 0.717) is 6.61 Å². The summed E-state index contributed by atoms with van der Waals surface area (Å²) in [7, 11) is 0. The van der Waals surface area contributed by atoms with Crippen LogP contribution in [-0.4, -0.2) is 17.8 Å². The highest BCUT2D eigenvalue weighted by molar-refractivity contribution is 5.91. The van der Waals surface area contributed by atoms with E-state index in [2.05, 4.69) is 0 Å². The molecule has 0 saturated carbocycles. The Kier molecular flexibility index (Phi) is 4.44. The lowest BCUT2D eigenvalue weighted by molar-refractivity contribution is 0.156. The number of nitrogens with zero attached hydrogens (tertiary/aromatic N) is 1. The van der Waals surface area contributed by atoms with Crippen LogP contribution in [-0.2, 0) is 4.74 Å². The maximum atomic E-state index is 12.1. The smallest absolute Gasteiger partial charge is 0.418 e. The number of ether oxygens (including phenoxy) is 1. The van der Waals surface area contributed by atoms with Crippen LogP contribution in [0.1, 0.15) is 30.1 Å². The van der Waals surface area contributed by atoms with Crippen LogP contribution < -0.4 is 4.90 Å². The van der Waals surface area contributed by atoms with Crippen LogP contribution in [0.4, 0.5) is 10.5 Å². The van der Waals surface area contributed by atoms with Crippen LogP contribution in [0.25, 0.3) is 0 Å². The average molecular weight is 309 g/mol. The summed E-state index contributed by atoms with van der Waals surface area (Å²) in [6.07, 6.45) is 2.44. The normalized spacial score (nSPS) is 17.5. The number of anilines is 1. The van der Waals surface area contributed by atoms with E-state index in [1.807, 2.05) is 60.7 Å². The number of aliphatic hydroxyl groups is 1. The Hall–Kier alpha value is -2.59. The Morgan fingerprint density at radius 1 is 1.17 bits per heavy atom. The number of para-hydroxylation sites is 1. The molecule has 4 heteroatoms. The van der Waals surface area contributed by atoms with Gasteiger partial charge >= 0.3 is 6.09 Å². The molecule has 2 aromatic rings. The summed E-state index contributed by atoms with van der Waals surface area (Å²) in [5.74, 6) is -0.209. The van der Waals surface area contributed by atoms with Crippen molar-refractivity contribution in [2.24, 2.45) is 0 Å². The molecule has 2 atom stereocenters. The molecule has 0 fully saturated rings. The molecule has 0 radical (unpaired) electrons. The average Bonchev–Trinajstić information content (AvgIpc) is 2.61. The lowest BCUT2D eigenvalue weighted by Crippen LogP contribution is -2.30. The Morgan fingerprint density at radius 2 is 1.87 bits per heavy atom. The summed E-state index contributed by atoms with van der Waals surface area (Å²) in [5, 5.41) is 10.7. The number of aliphatic hydroxyl groups excluding tert-OH is 1. The quantitative estimate of drug-likeness (QED) is 0.932. The van der Waals surface area contributed by atoms with Crippen molar-refractivity contribution in [2.75, 3.05) is 11.5 Å². The van der Waals surface area contributed by atoms with Crippen LogP contribution in [0.15, 0.2) is 66.9 Å². The van der Waals surface area contributed by atoms with Crippen molar-refractivity contribution in [1.82, 2.24) is 0 Å². The molecular formula is C19H19NO3. The van der Waals surface area contributed by atoms with Crippen molar-refractivity contribution >= 4 is 11.8 Å². The first-order chi connectivity index (χ1) is 11.2. The largest absolute Gasteiger partial charge is 0.449 e. The molecule has 118 valence electrons. The predicted octanol–water partition coefficient (Wildman–Crippen LogP) is 3.99. The third-order valence-corrected chi connectivity index (χ3v) is 3.94. The van der Waals surface area contributed by atoms with Crippen molar-refractivity contribution in [3.63, 3.8) is 0 Å². The molecule has 4 nitrogen and oxygen atoms in total. The van der Waals surface area contributed by atoms with Crippen molar-refractivity contribution in [3.05, 3.63) is 78.0 Å². The number of benzene rings is 2. The van der Waals surface area contributed by atoms with E-state index in [0.717, 1.165) is 16.8 Å². The number of amides is 1. The van der Waals surface area contributed by atoms with E-state index in [1.165, 1.54) is 4.90 Å². The predicted molar refractivity (Wildman–Crippen MR) is 89.2 cm³/mol. The van der Waals surface area contributed by atoms with E-state index >= 15 is 0 Å². The van der Waals surface area contributed by atoms with Gasteiger partial charge in [0.15, 0.2) is 0 Å². The zero-order chi connectivity index (χ0) is 16.2. The first-order valence-corrected chi connectivity index (χ1v) is 7.68. The van der Waals surface area contributed by atoms with E-state index in [4.69, 9.17) is 4.74 Å². The summed E-state index contributed by atoms with van der Waals surface area (Å²) in [5.41, 5.74) is 2.49. The van der Waals surface area contributed by atoms with Gasteiger partial charge in [-0.2, -0.15) is 0 Å². The minimum atomic E-state index is -0.669. The molecule has 1 N–H and O–H groups in total. The molecule has 0 bridgehead atoms. The maximum Gasteiger partial charge on any atom is 0.418 e. The van der Waals surface area contributed by atoms with Crippen molar-refractivity contribution in [3.8, 4) is 0 Å². The van der Waals surface area contributed by atoms with Gasteiger partial charge in [-0.3, -0.25) is 4.90 Å². The van der Waals surface area contributed by atoms with Gasteiger partial charge < -0.3 is 9.84 Å². The van der Waals surface area contributed by atoms with E-state index in [1.54, 1.807) is 13.1 Å². The molecule has 1 aliphatic rings. The highest BCUT2D eigenvalue weighted by atomic mass is 16.6. The number of rotatable bonds is 3. The first kappa shape index (κ1) is 15.3. The van der Waals surface area contributed by atoms with Crippen molar-refractivity contribution in [2.45, 2.75) is 18.9 Å². The van der Waals surface area contributed by atoms with Gasteiger partial charge in [0.25, 0.3) is 0 Å². The lowest BCUT2D eigenvalue weighted by Gasteiger charge is -2.31. The fraction of sp³-hybridized carbons (Fsp3) is 0.211. The lowest BCUT2D eigenvalue weighted by atomic mass is 9.86. The number of hydrogen-bond donors (Lipinski definition) is 1. The molecular weight excluding hydrogens is 290 g/mol. The molecule has 0 spiro atoms. The Bertz CT molecular complexity index is 712. The zero-order valence-corrected chi connectivity index (χ0v) is 12.9.